The van der Waals surface area contributed by atoms with Crippen LogP contribution in [0.3, 0.4) is 0 Å². The first-order valence-electron chi connectivity index (χ1n) is 5.33. The number of hydrogen-bond acceptors (Lipinski definition) is 7. The summed E-state index contributed by atoms with van der Waals surface area (Å²) in [6.45, 7) is 0.412. The number of nitro groups is 1. The molecule has 0 fully saturated rings. The average molecular weight is 259 g/mol. The first-order chi connectivity index (χ1) is 9.20. The minimum atomic E-state index is -0.579. The van der Waals surface area contributed by atoms with Crippen LogP contribution < -0.4 is 5.32 Å². The summed E-state index contributed by atoms with van der Waals surface area (Å²) in [5.41, 5.74) is -0.0795. The van der Waals surface area contributed by atoms with Gasteiger partial charge >= 0.3 is 5.69 Å². The van der Waals surface area contributed by atoms with Crippen molar-refractivity contribution in [3.05, 3.63) is 40.1 Å². The molecule has 0 bridgehead atoms. The van der Waals surface area contributed by atoms with Crippen LogP contribution in [0, 0.1) is 21.4 Å². The van der Waals surface area contributed by atoms with Crippen molar-refractivity contribution in [2.45, 2.75) is 6.42 Å². The van der Waals surface area contributed by atoms with E-state index in [2.05, 4.69) is 25.5 Å². The van der Waals surface area contributed by atoms with E-state index >= 15 is 0 Å². The van der Waals surface area contributed by atoms with Crippen molar-refractivity contribution in [3.8, 4) is 6.07 Å². The van der Waals surface area contributed by atoms with E-state index in [4.69, 9.17) is 5.26 Å². The Kier molecular flexibility index (Phi) is 3.63. The lowest BCUT2D eigenvalue weighted by Gasteiger charge is -2.04. The number of nitriles is 1. The molecule has 0 aromatic carbocycles. The molecule has 9 heteroatoms. The quantitative estimate of drug-likeness (QED) is 0.594. The number of aromatic nitrogens is 4. The largest absolute Gasteiger partial charge is 0.364 e. The van der Waals surface area contributed by atoms with Crippen LogP contribution in [0.5, 0.6) is 0 Å². The zero-order chi connectivity index (χ0) is 13.7. The number of anilines is 1. The lowest BCUT2D eigenvalue weighted by Crippen LogP contribution is -2.09. The molecule has 9 nitrogen and oxygen atoms in total. The van der Waals surface area contributed by atoms with Gasteiger partial charge in [0, 0.05) is 25.2 Å². The smallest absolute Gasteiger partial charge is 0.312 e. The fraction of sp³-hybridized carbons (Fsp3) is 0.200. The minimum Gasteiger partial charge on any atom is -0.364 e. The fourth-order valence-corrected chi connectivity index (χ4v) is 1.44. The van der Waals surface area contributed by atoms with Crippen molar-refractivity contribution < 1.29 is 4.92 Å². The molecule has 0 atom stereocenters. The zero-order valence-electron chi connectivity index (χ0n) is 9.70. The molecule has 0 aliphatic rings. The van der Waals surface area contributed by atoms with Gasteiger partial charge < -0.3 is 5.32 Å². The molecular formula is C10H9N7O2. The van der Waals surface area contributed by atoms with Crippen LogP contribution in [0.15, 0.2) is 18.6 Å². The number of nitrogens with zero attached hydrogens (tertiary/aromatic N) is 5. The fourth-order valence-electron chi connectivity index (χ4n) is 1.44. The molecule has 2 aromatic rings. The highest BCUT2D eigenvalue weighted by Gasteiger charge is 2.16. The van der Waals surface area contributed by atoms with E-state index in [-0.39, 0.29) is 17.1 Å². The van der Waals surface area contributed by atoms with Crippen LogP contribution in [0.4, 0.5) is 11.5 Å². The van der Waals surface area contributed by atoms with Crippen molar-refractivity contribution in [3.63, 3.8) is 0 Å². The number of hydrogen-bond donors (Lipinski definition) is 2. The van der Waals surface area contributed by atoms with Gasteiger partial charge in [-0.2, -0.15) is 10.4 Å². The Labute approximate surface area is 107 Å². The molecule has 2 rings (SSSR count). The van der Waals surface area contributed by atoms with Crippen LogP contribution in [0.2, 0.25) is 0 Å². The van der Waals surface area contributed by atoms with Gasteiger partial charge in [-0.15, -0.1) is 0 Å². The van der Waals surface area contributed by atoms with Gasteiger partial charge in [0.05, 0.1) is 10.5 Å². The van der Waals surface area contributed by atoms with E-state index in [9.17, 15) is 10.1 Å². The number of rotatable bonds is 5. The highest BCUT2D eigenvalue weighted by molar-refractivity contribution is 5.58. The van der Waals surface area contributed by atoms with Gasteiger partial charge in [-0.25, -0.2) is 9.97 Å². The highest BCUT2D eigenvalue weighted by Crippen LogP contribution is 2.22. The van der Waals surface area contributed by atoms with Crippen LogP contribution in [0.1, 0.15) is 11.4 Å². The maximum Gasteiger partial charge on any atom is 0.312 e. The second kappa shape index (κ2) is 5.54. The summed E-state index contributed by atoms with van der Waals surface area (Å²) < 4.78 is 0. The molecule has 0 unspecified atom stereocenters. The third-order valence-electron chi connectivity index (χ3n) is 2.31. The van der Waals surface area contributed by atoms with Crippen LogP contribution in [-0.2, 0) is 6.42 Å². The van der Waals surface area contributed by atoms with Gasteiger partial charge in [-0.1, -0.05) is 0 Å². The predicted octanol–water partition coefficient (Wildman–Crippen LogP) is 0.634. The van der Waals surface area contributed by atoms with Crippen molar-refractivity contribution >= 4 is 11.5 Å². The molecule has 0 saturated heterocycles. The van der Waals surface area contributed by atoms with E-state index < -0.39 is 4.92 Å². The number of aromatic amines is 1. The van der Waals surface area contributed by atoms with Gasteiger partial charge in [0.2, 0.25) is 5.82 Å². The molecular weight excluding hydrogens is 250 g/mol. The van der Waals surface area contributed by atoms with Crippen molar-refractivity contribution in [1.82, 2.24) is 20.2 Å². The molecule has 0 spiro atoms. The molecule has 2 aromatic heterocycles. The SMILES string of the molecule is N#Cc1cnc(NCCc2ncn[nH]2)c([N+](=O)[O-])c1. The molecule has 2 heterocycles. The lowest BCUT2D eigenvalue weighted by molar-refractivity contribution is -0.384. The standard InChI is InChI=1S/C10H9N7O2/c11-4-7-3-8(17(18)19)10(13-5-7)12-2-1-9-14-6-15-16-9/h3,5-6H,1-2H2,(H,12,13)(H,14,15,16). The van der Waals surface area contributed by atoms with E-state index in [1.54, 1.807) is 0 Å². The van der Waals surface area contributed by atoms with Gasteiger partial charge in [0.25, 0.3) is 0 Å². The third-order valence-corrected chi connectivity index (χ3v) is 2.31. The third kappa shape index (κ3) is 3.01. The van der Waals surface area contributed by atoms with Crippen LogP contribution in [-0.4, -0.2) is 31.6 Å². The monoisotopic (exact) mass is 259 g/mol. The number of pyridine rings is 1. The second-order valence-corrected chi connectivity index (χ2v) is 3.57. The molecule has 0 radical (unpaired) electrons. The Balaban J connectivity index is 2.07. The Morgan fingerprint density at radius 1 is 1.53 bits per heavy atom. The Bertz CT molecular complexity index is 617. The summed E-state index contributed by atoms with van der Waals surface area (Å²) in [6, 6.07) is 2.99. The number of H-pyrrole nitrogens is 1. The maximum atomic E-state index is 10.9. The Hall–Kier alpha value is -3.02. The molecule has 96 valence electrons. The molecule has 0 aliphatic carbocycles. The summed E-state index contributed by atoms with van der Waals surface area (Å²) in [5.74, 6) is 0.798. The molecule has 0 saturated carbocycles. The first kappa shape index (κ1) is 12.4. The maximum absolute atomic E-state index is 10.9. The molecule has 19 heavy (non-hydrogen) atoms. The van der Waals surface area contributed by atoms with Gasteiger partial charge in [0.1, 0.15) is 18.2 Å². The van der Waals surface area contributed by atoms with Gasteiger partial charge in [0.15, 0.2) is 0 Å². The predicted molar refractivity (Wildman–Crippen MR) is 64.2 cm³/mol. The summed E-state index contributed by atoms with van der Waals surface area (Å²) >= 11 is 0. The van der Waals surface area contributed by atoms with Crippen molar-refractivity contribution in [1.29, 1.82) is 5.26 Å². The zero-order valence-corrected chi connectivity index (χ0v) is 9.70. The van der Waals surface area contributed by atoms with Crippen LogP contribution in [0.25, 0.3) is 0 Å². The van der Waals surface area contributed by atoms with Crippen molar-refractivity contribution in [2.24, 2.45) is 0 Å². The normalized spacial score (nSPS) is 9.84. The topological polar surface area (TPSA) is 133 Å². The molecule has 0 amide bonds. The summed E-state index contributed by atoms with van der Waals surface area (Å²) in [7, 11) is 0. The number of nitrogens with one attached hydrogen (secondary N) is 2. The van der Waals surface area contributed by atoms with E-state index in [0.29, 0.717) is 18.8 Å². The lowest BCUT2D eigenvalue weighted by atomic mass is 10.2. The highest BCUT2D eigenvalue weighted by atomic mass is 16.6. The van der Waals surface area contributed by atoms with E-state index in [1.807, 2.05) is 6.07 Å². The summed E-state index contributed by atoms with van der Waals surface area (Å²) in [5, 5.41) is 28.8. The average Bonchev–Trinajstić information content (AvgIpc) is 2.92. The minimum absolute atomic E-state index is 0.128. The Morgan fingerprint density at radius 2 is 2.37 bits per heavy atom. The molecule has 0 aliphatic heterocycles. The summed E-state index contributed by atoms with van der Waals surface area (Å²) in [6.07, 6.45) is 3.19. The first-order valence-corrected chi connectivity index (χ1v) is 5.33. The molecule has 2 N–H and O–H groups in total. The van der Waals surface area contributed by atoms with Crippen molar-refractivity contribution in [2.75, 3.05) is 11.9 Å². The van der Waals surface area contributed by atoms with E-state index in [0.717, 1.165) is 0 Å². The van der Waals surface area contributed by atoms with Gasteiger partial charge in [-0.3, -0.25) is 15.2 Å². The second-order valence-electron chi connectivity index (χ2n) is 3.57. The van der Waals surface area contributed by atoms with Crippen LogP contribution >= 0.6 is 0 Å². The van der Waals surface area contributed by atoms with Gasteiger partial charge in [-0.05, 0) is 0 Å². The van der Waals surface area contributed by atoms with E-state index in [1.165, 1.54) is 18.6 Å². The summed E-state index contributed by atoms with van der Waals surface area (Å²) in [4.78, 5) is 18.1. The Morgan fingerprint density at radius 3 is 3.00 bits per heavy atom.